The number of amides is 1. The minimum Gasteiger partial charge on any atom is -0.322 e. The molecule has 7 heteroatoms. The maximum atomic E-state index is 13.4. The van der Waals surface area contributed by atoms with Crippen molar-refractivity contribution in [2.45, 2.75) is 0 Å². The molecule has 1 N–H and O–H groups in total. The molecule has 1 amide bonds. The number of hydrogen-bond donors (Lipinski definition) is 1. The van der Waals surface area contributed by atoms with Crippen LogP contribution in [0, 0.1) is 19.5 Å². The Morgan fingerprint density at radius 3 is 2.40 bits per heavy atom. The molecule has 0 heterocycles. The number of nitro groups is 1. The van der Waals surface area contributed by atoms with Crippen LogP contribution in [0.1, 0.15) is 10.4 Å². The van der Waals surface area contributed by atoms with Crippen molar-refractivity contribution in [1.82, 2.24) is 0 Å². The van der Waals surface area contributed by atoms with Crippen molar-refractivity contribution in [1.29, 1.82) is 0 Å². The summed E-state index contributed by atoms with van der Waals surface area (Å²) in [5, 5.41) is 13.1. The molecule has 0 fully saturated rings. The van der Waals surface area contributed by atoms with Gasteiger partial charge in [0, 0.05) is 20.9 Å². The van der Waals surface area contributed by atoms with Crippen LogP contribution < -0.4 is 5.32 Å². The molecule has 20 heavy (non-hydrogen) atoms. The number of nitro benzene ring substituents is 1. The molecule has 2 rings (SSSR count). The highest BCUT2D eigenvalue weighted by molar-refractivity contribution is 14.1. The topological polar surface area (TPSA) is 72.2 Å². The lowest BCUT2D eigenvalue weighted by Gasteiger charge is -2.05. The van der Waals surface area contributed by atoms with Crippen molar-refractivity contribution in [3.05, 3.63) is 67.5 Å². The van der Waals surface area contributed by atoms with Gasteiger partial charge < -0.3 is 5.32 Å². The molecule has 0 aromatic heterocycles. The first-order valence-electron chi connectivity index (χ1n) is 5.48. The highest BCUT2D eigenvalue weighted by atomic mass is 127. The van der Waals surface area contributed by atoms with Crippen LogP contribution in [0.25, 0.3) is 0 Å². The van der Waals surface area contributed by atoms with E-state index in [1.165, 1.54) is 6.07 Å². The zero-order chi connectivity index (χ0) is 14.7. The molecule has 102 valence electrons. The van der Waals surface area contributed by atoms with Crippen molar-refractivity contribution in [3.8, 4) is 0 Å². The summed E-state index contributed by atoms with van der Waals surface area (Å²) < 4.78 is 14.4. The Labute approximate surface area is 127 Å². The maximum Gasteiger partial charge on any atom is 0.304 e. The molecule has 0 saturated carbocycles. The average molecular weight is 386 g/mol. The summed E-state index contributed by atoms with van der Waals surface area (Å²) in [5.41, 5.74) is -0.0726. The van der Waals surface area contributed by atoms with Crippen LogP contribution in [-0.4, -0.2) is 10.8 Å². The van der Waals surface area contributed by atoms with Crippen LogP contribution in [0.2, 0.25) is 0 Å². The fourth-order valence-corrected chi connectivity index (χ4v) is 1.89. The lowest BCUT2D eigenvalue weighted by Crippen LogP contribution is -2.12. The fraction of sp³-hybridized carbons (Fsp3) is 0. The third kappa shape index (κ3) is 3.29. The second kappa shape index (κ2) is 5.95. The summed E-state index contributed by atoms with van der Waals surface area (Å²) in [5.74, 6) is -1.56. The van der Waals surface area contributed by atoms with Crippen molar-refractivity contribution in [2.24, 2.45) is 0 Å². The third-order valence-electron chi connectivity index (χ3n) is 2.51. The molecule has 0 aliphatic carbocycles. The Morgan fingerprint density at radius 2 is 1.85 bits per heavy atom. The molecule has 0 aliphatic heterocycles. The van der Waals surface area contributed by atoms with E-state index in [0.29, 0.717) is 5.69 Å². The Bertz CT molecular complexity index is 674. The van der Waals surface area contributed by atoms with Crippen LogP contribution in [0.4, 0.5) is 15.8 Å². The van der Waals surface area contributed by atoms with Crippen LogP contribution >= 0.6 is 22.6 Å². The number of halogens is 2. The van der Waals surface area contributed by atoms with E-state index >= 15 is 0 Å². The minimum atomic E-state index is -1.04. The largest absolute Gasteiger partial charge is 0.322 e. The van der Waals surface area contributed by atoms with Crippen LogP contribution in [0.15, 0.2) is 42.5 Å². The highest BCUT2D eigenvalue weighted by Gasteiger charge is 2.16. The van der Waals surface area contributed by atoms with Gasteiger partial charge in [-0.1, -0.05) is 0 Å². The van der Waals surface area contributed by atoms with E-state index in [4.69, 9.17) is 0 Å². The predicted octanol–water partition coefficient (Wildman–Crippen LogP) is 3.59. The molecule has 0 bridgehead atoms. The van der Waals surface area contributed by atoms with E-state index in [1.807, 2.05) is 12.1 Å². The SMILES string of the molecule is O=C(Nc1ccc(I)cc1)c1ccc([N+](=O)[O-])c(F)c1. The lowest BCUT2D eigenvalue weighted by atomic mass is 10.2. The second-order valence-corrected chi connectivity index (χ2v) is 5.13. The number of anilines is 1. The van der Waals surface area contributed by atoms with Gasteiger partial charge in [0.05, 0.1) is 4.92 Å². The Morgan fingerprint density at radius 1 is 1.20 bits per heavy atom. The monoisotopic (exact) mass is 386 g/mol. The van der Waals surface area contributed by atoms with Crippen LogP contribution in [-0.2, 0) is 0 Å². The number of nitrogens with zero attached hydrogens (tertiary/aromatic N) is 1. The number of rotatable bonds is 3. The number of hydrogen-bond acceptors (Lipinski definition) is 3. The molecular formula is C13H8FIN2O3. The molecule has 5 nitrogen and oxygen atoms in total. The van der Waals surface area contributed by atoms with E-state index in [0.717, 1.165) is 15.7 Å². The molecule has 2 aromatic carbocycles. The number of carbonyl (C=O) groups is 1. The fourth-order valence-electron chi connectivity index (χ4n) is 1.53. The smallest absolute Gasteiger partial charge is 0.304 e. The molecule has 2 aromatic rings. The molecule has 0 aliphatic rings. The standard InChI is InChI=1S/C13H8FIN2O3/c14-11-7-8(1-6-12(11)17(19)20)13(18)16-10-4-2-9(15)3-5-10/h1-7H,(H,16,18). The normalized spacial score (nSPS) is 10.1. The van der Waals surface area contributed by atoms with Crippen molar-refractivity contribution in [2.75, 3.05) is 5.32 Å². The molecule has 0 unspecified atom stereocenters. The van der Waals surface area contributed by atoms with E-state index in [2.05, 4.69) is 27.9 Å². The summed E-state index contributed by atoms with van der Waals surface area (Å²) in [6.07, 6.45) is 0. The summed E-state index contributed by atoms with van der Waals surface area (Å²) in [6, 6.07) is 10.1. The zero-order valence-corrected chi connectivity index (χ0v) is 12.1. The molecule has 0 atom stereocenters. The minimum absolute atomic E-state index is 0.0200. The van der Waals surface area contributed by atoms with Gasteiger partial charge in [-0.05, 0) is 59.0 Å². The van der Waals surface area contributed by atoms with Crippen molar-refractivity contribution >= 4 is 39.9 Å². The predicted molar refractivity (Wildman–Crippen MR) is 80.2 cm³/mol. The molecular weight excluding hydrogens is 378 g/mol. The number of carbonyl (C=O) groups excluding carboxylic acids is 1. The first-order chi connectivity index (χ1) is 9.47. The number of nitrogens with one attached hydrogen (secondary N) is 1. The van der Waals surface area contributed by atoms with E-state index in [-0.39, 0.29) is 5.56 Å². The van der Waals surface area contributed by atoms with Crippen molar-refractivity contribution in [3.63, 3.8) is 0 Å². The lowest BCUT2D eigenvalue weighted by molar-refractivity contribution is -0.387. The third-order valence-corrected chi connectivity index (χ3v) is 3.23. The van der Waals surface area contributed by atoms with Crippen molar-refractivity contribution < 1.29 is 14.1 Å². The first-order valence-corrected chi connectivity index (χ1v) is 6.56. The van der Waals surface area contributed by atoms with Gasteiger partial charge in [0.15, 0.2) is 0 Å². The van der Waals surface area contributed by atoms with Gasteiger partial charge in [0.2, 0.25) is 5.82 Å². The number of benzene rings is 2. The molecule has 0 radical (unpaired) electrons. The van der Waals surface area contributed by atoms with E-state index < -0.39 is 22.3 Å². The van der Waals surface area contributed by atoms with Gasteiger partial charge in [0.25, 0.3) is 5.91 Å². The second-order valence-electron chi connectivity index (χ2n) is 3.88. The average Bonchev–Trinajstić information content (AvgIpc) is 2.40. The van der Waals surface area contributed by atoms with E-state index in [9.17, 15) is 19.3 Å². The Hall–Kier alpha value is -2.03. The van der Waals surface area contributed by atoms with Gasteiger partial charge in [-0.25, -0.2) is 0 Å². The summed E-state index contributed by atoms with van der Waals surface area (Å²) in [4.78, 5) is 21.5. The molecule has 0 spiro atoms. The molecule has 0 saturated heterocycles. The van der Waals surface area contributed by atoms with Gasteiger partial charge in [-0.15, -0.1) is 0 Å². The summed E-state index contributed by atoms with van der Waals surface area (Å²) >= 11 is 2.13. The van der Waals surface area contributed by atoms with Gasteiger partial charge in [0.1, 0.15) is 0 Å². The quantitative estimate of drug-likeness (QED) is 0.498. The van der Waals surface area contributed by atoms with Crippen LogP contribution in [0.5, 0.6) is 0 Å². The summed E-state index contributed by atoms with van der Waals surface area (Å²) in [7, 11) is 0. The van der Waals surface area contributed by atoms with Gasteiger partial charge in [-0.3, -0.25) is 14.9 Å². The van der Waals surface area contributed by atoms with Gasteiger partial charge in [-0.2, -0.15) is 4.39 Å². The maximum absolute atomic E-state index is 13.4. The van der Waals surface area contributed by atoms with E-state index in [1.54, 1.807) is 12.1 Å². The Balaban J connectivity index is 2.19. The van der Waals surface area contributed by atoms with Gasteiger partial charge >= 0.3 is 5.69 Å². The Kier molecular flexibility index (Phi) is 4.28. The van der Waals surface area contributed by atoms with Crippen LogP contribution in [0.3, 0.4) is 0 Å². The first kappa shape index (κ1) is 14.4. The zero-order valence-electron chi connectivity index (χ0n) is 9.97. The highest BCUT2D eigenvalue weighted by Crippen LogP contribution is 2.19. The summed E-state index contributed by atoms with van der Waals surface area (Å²) in [6.45, 7) is 0.